The van der Waals surface area contributed by atoms with Crippen LogP contribution in [0.4, 0.5) is 0 Å². The summed E-state index contributed by atoms with van der Waals surface area (Å²) < 4.78 is 2.40. The van der Waals surface area contributed by atoms with Gasteiger partial charge in [-0.25, -0.2) is 9.78 Å². The number of aromatic amines is 1. The topological polar surface area (TPSA) is 93.0 Å². The molecule has 0 aliphatic heterocycles. The number of carbonyl (C=O) groups is 1. The summed E-state index contributed by atoms with van der Waals surface area (Å²) in [5.74, 6) is -0.0386. The van der Waals surface area contributed by atoms with Gasteiger partial charge in [-0.15, -0.1) is 0 Å². The number of aryl methyl sites for hydroxylation is 1. The van der Waals surface area contributed by atoms with Gasteiger partial charge in [0.25, 0.3) is 5.56 Å². The number of aromatic nitrogens is 4. The molecule has 3 rings (SSSR count). The van der Waals surface area contributed by atoms with Gasteiger partial charge in [-0.3, -0.25) is 18.7 Å². The van der Waals surface area contributed by atoms with E-state index in [1.165, 1.54) is 10.9 Å². The summed E-state index contributed by atoms with van der Waals surface area (Å²) in [6.07, 6.45) is 4.74. The van der Waals surface area contributed by atoms with Gasteiger partial charge in [-0.2, -0.15) is 0 Å². The molecule has 0 spiro atoms. The van der Waals surface area contributed by atoms with Crippen molar-refractivity contribution in [1.82, 2.24) is 24.0 Å². The third kappa shape index (κ3) is 2.24. The van der Waals surface area contributed by atoms with Crippen LogP contribution in [0.15, 0.2) is 15.9 Å². The number of imidazole rings is 1. The van der Waals surface area contributed by atoms with E-state index in [-0.39, 0.29) is 24.4 Å². The summed E-state index contributed by atoms with van der Waals surface area (Å²) >= 11 is 0. The molecule has 1 N–H and O–H groups in total. The first-order valence-electron chi connectivity index (χ1n) is 7.39. The second kappa shape index (κ2) is 5.43. The van der Waals surface area contributed by atoms with Crippen molar-refractivity contribution in [2.45, 2.75) is 38.3 Å². The van der Waals surface area contributed by atoms with Crippen molar-refractivity contribution in [3.63, 3.8) is 0 Å². The van der Waals surface area contributed by atoms with Crippen molar-refractivity contribution in [1.29, 1.82) is 0 Å². The Morgan fingerprint density at radius 1 is 1.45 bits per heavy atom. The molecular formula is C14H19N5O3. The number of nitrogens with zero attached hydrogens (tertiary/aromatic N) is 4. The molecule has 1 aliphatic carbocycles. The largest absolute Gasteiger partial charge is 0.343 e. The second-order valence-electron chi connectivity index (χ2n) is 5.74. The van der Waals surface area contributed by atoms with Crippen molar-refractivity contribution in [2.24, 2.45) is 7.05 Å². The highest BCUT2D eigenvalue weighted by molar-refractivity contribution is 5.76. The lowest BCUT2D eigenvalue weighted by Crippen LogP contribution is -2.43. The lowest BCUT2D eigenvalue weighted by molar-refractivity contribution is -0.133. The first-order chi connectivity index (χ1) is 10.5. The summed E-state index contributed by atoms with van der Waals surface area (Å²) in [6.45, 7) is 0.0797. The Morgan fingerprint density at radius 3 is 2.82 bits per heavy atom. The predicted octanol–water partition coefficient (Wildman–Crippen LogP) is -0.176. The summed E-state index contributed by atoms with van der Waals surface area (Å²) in [5, 5.41) is 0. The highest BCUT2D eigenvalue weighted by atomic mass is 16.2. The number of hydrogen-bond donors (Lipinski definition) is 1. The number of nitrogens with one attached hydrogen (secondary N) is 1. The van der Waals surface area contributed by atoms with Crippen molar-refractivity contribution < 1.29 is 4.79 Å². The molecule has 0 saturated heterocycles. The Balaban J connectivity index is 1.83. The average molecular weight is 305 g/mol. The lowest BCUT2D eigenvalue weighted by Gasteiger charge is -2.34. The van der Waals surface area contributed by atoms with E-state index in [9.17, 15) is 14.4 Å². The first-order valence-corrected chi connectivity index (χ1v) is 7.39. The average Bonchev–Trinajstić information content (AvgIpc) is 2.92. The SMILES string of the molecule is CN(C(=O)CCn1c(=O)c2[nH]cnc2n(C)c1=O)C1CCC1. The number of fused-ring (bicyclic) bond motifs is 1. The maximum Gasteiger partial charge on any atom is 0.332 e. The number of rotatable bonds is 4. The zero-order valence-corrected chi connectivity index (χ0v) is 12.7. The van der Waals surface area contributed by atoms with Crippen molar-refractivity contribution in [3.8, 4) is 0 Å². The molecule has 1 fully saturated rings. The zero-order chi connectivity index (χ0) is 15.9. The van der Waals surface area contributed by atoms with E-state index < -0.39 is 11.2 Å². The van der Waals surface area contributed by atoms with E-state index in [0.29, 0.717) is 11.7 Å². The molecule has 8 heteroatoms. The molecule has 0 radical (unpaired) electrons. The van der Waals surface area contributed by atoms with E-state index in [4.69, 9.17) is 0 Å². The molecule has 2 heterocycles. The monoisotopic (exact) mass is 305 g/mol. The van der Waals surface area contributed by atoms with Crippen LogP contribution in [0.5, 0.6) is 0 Å². The fourth-order valence-electron chi connectivity index (χ4n) is 2.75. The Bertz CT molecular complexity index is 827. The van der Waals surface area contributed by atoms with Gasteiger partial charge in [-0.1, -0.05) is 0 Å². The fourth-order valence-corrected chi connectivity index (χ4v) is 2.75. The molecule has 22 heavy (non-hydrogen) atoms. The van der Waals surface area contributed by atoms with Crippen molar-refractivity contribution in [2.75, 3.05) is 7.05 Å². The molecule has 0 unspecified atom stereocenters. The standard InChI is InChI=1S/C14H19N5O3/c1-17(9-4-3-5-9)10(20)6-7-19-13(21)11-12(16-8-15-11)18(2)14(19)22/h8-9H,3-7H2,1-2H3,(H,15,16). The van der Waals surface area contributed by atoms with Gasteiger partial charge in [0.1, 0.15) is 5.52 Å². The first kappa shape index (κ1) is 14.6. The number of amides is 1. The zero-order valence-electron chi connectivity index (χ0n) is 12.7. The Kier molecular flexibility index (Phi) is 3.59. The Hall–Kier alpha value is -2.38. The lowest BCUT2D eigenvalue weighted by atomic mass is 9.92. The minimum Gasteiger partial charge on any atom is -0.343 e. The highest BCUT2D eigenvalue weighted by Crippen LogP contribution is 2.23. The van der Waals surface area contributed by atoms with Crippen molar-refractivity contribution in [3.05, 3.63) is 27.2 Å². The number of carbonyl (C=O) groups excluding carboxylic acids is 1. The van der Waals surface area contributed by atoms with Crippen LogP contribution in [-0.2, 0) is 18.4 Å². The van der Waals surface area contributed by atoms with Gasteiger partial charge < -0.3 is 9.88 Å². The summed E-state index contributed by atoms with van der Waals surface area (Å²) in [4.78, 5) is 45.1. The smallest absolute Gasteiger partial charge is 0.332 e. The maximum absolute atomic E-state index is 12.3. The van der Waals surface area contributed by atoms with Crippen LogP contribution < -0.4 is 11.2 Å². The molecular weight excluding hydrogens is 286 g/mol. The molecule has 2 aromatic rings. The van der Waals surface area contributed by atoms with Gasteiger partial charge in [0.05, 0.1) is 6.33 Å². The molecule has 0 bridgehead atoms. The number of hydrogen-bond acceptors (Lipinski definition) is 4. The quantitative estimate of drug-likeness (QED) is 0.848. The van der Waals surface area contributed by atoms with Gasteiger partial charge in [-0.05, 0) is 19.3 Å². The van der Waals surface area contributed by atoms with Gasteiger partial charge in [0, 0.05) is 33.1 Å². The summed E-state index contributed by atoms with van der Waals surface area (Å²) in [7, 11) is 3.34. The van der Waals surface area contributed by atoms with Crippen LogP contribution in [0.25, 0.3) is 11.2 Å². The van der Waals surface area contributed by atoms with E-state index in [1.54, 1.807) is 19.0 Å². The van der Waals surface area contributed by atoms with Crippen LogP contribution in [0.3, 0.4) is 0 Å². The normalized spacial score (nSPS) is 15.0. The minimum absolute atomic E-state index is 0.0386. The minimum atomic E-state index is -0.455. The van der Waals surface area contributed by atoms with Gasteiger partial charge in [0.15, 0.2) is 5.65 Å². The van der Waals surface area contributed by atoms with Gasteiger partial charge >= 0.3 is 5.69 Å². The Labute approximate surface area is 126 Å². The molecule has 0 aromatic carbocycles. The molecule has 1 amide bonds. The van der Waals surface area contributed by atoms with Crippen LogP contribution >= 0.6 is 0 Å². The molecule has 2 aromatic heterocycles. The van der Waals surface area contributed by atoms with E-state index in [0.717, 1.165) is 23.8 Å². The van der Waals surface area contributed by atoms with E-state index >= 15 is 0 Å². The molecule has 118 valence electrons. The Morgan fingerprint density at radius 2 is 2.18 bits per heavy atom. The van der Waals surface area contributed by atoms with E-state index in [1.807, 2.05) is 0 Å². The third-order valence-electron chi connectivity index (χ3n) is 4.48. The van der Waals surface area contributed by atoms with Crippen LogP contribution in [0.2, 0.25) is 0 Å². The second-order valence-corrected chi connectivity index (χ2v) is 5.74. The van der Waals surface area contributed by atoms with E-state index in [2.05, 4.69) is 9.97 Å². The highest BCUT2D eigenvalue weighted by Gasteiger charge is 2.25. The summed E-state index contributed by atoms with van der Waals surface area (Å²) in [6, 6.07) is 0.308. The summed E-state index contributed by atoms with van der Waals surface area (Å²) in [5.41, 5.74) is -0.288. The van der Waals surface area contributed by atoms with Crippen molar-refractivity contribution >= 4 is 17.1 Å². The molecule has 0 atom stereocenters. The van der Waals surface area contributed by atoms with Crippen LogP contribution in [-0.4, -0.2) is 43.0 Å². The molecule has 8 nitrogen and oxygen atoms in total. The predicted molar refractivity (Wildman–Crippen MR) is 80.6 cm³/mol. The van der Waals surface area contributed by atoms with Crippen LogP contribution in [0.1, 0.15) is 25.7 Å². The van der Waals surface area contributed by atoms with Crippen LogP contribution in [0, 0.1) is 0 Å². The van der Waals surface area contributed by atoms with Gasteiger partial charge in [0.2, 0.25) is 5.91 Å². The number of H-pyrrole nitrogens is 1. The molecule has 1 aliphatic rings. The molecule has 1 saturated carbocycles. The third-order valence-corrected chi connectivity index (χ3v) is 4.48. The maximum atomic E-state index is 12.3. The fraction of sp³-hybridized carbons (Fsp3) is 0.571.